The summed E-state index contributed by atoms with van der Waals surface area (Å²) in [6.07, 6.45) is 0. The lowest BCUT2D eigenvalue weighted by molar-refractivity contribution is 0.0941. The first kappa shape index (κ1) is 19.9. The molecule has 4 rings (SSSR count). The summed E-state index contributed by atoms with van der Waals surface area (Å²) in [4.78, 5) is 18.0. The van der Waals surface area contributed by atoms with Crippen LogP contribution in [0, 0.1) is 0 Å². The summed E-state index contributed by atoms with van der Waals surface area (Å²) in [7, 11) is 1.63. The predicted molar refractivity (Wildman–Crippen MR) is 121 cm³/mol. The summed E-state index contributed by atoms with van der Waals surface area (Å²) >= 11 is 5.98. The van der Waals surface area contributed by atoms with Crippen molar-refractivity contribution in [3.8, 4) is 17.0 Å². The fraction of sp³-hybridized carbons (Fsp3) is 0.120. The third-order valence-corrected chi connectivity index (χ3v) is 5.32. The highest BCUT2D eigenvalue weighted by molar-refractivity contribution is 6.30. The number of ether oxygens (including phenoxy) is 1. The molecule has 0 unspecified atom stereocenters. The Bertz CT molecular complexity index is 1190. The molecule has 4 aromatic rings. The molecule has 150 valence electrons. The molecule has 0 spiro atoms. The smallest absolute Gasteiger partial charge is 0.252 e. The first-order valence-electron chi connectivity index (χ1n) is 9.65. The Labute approximate surface area is 180 Å². The van der Waals surface area contributed by atoms with Crippen molar-refractivity contribution in [2.45, 2.75) is 13.0 Å². The number of halogens is 1. The van der Waals surface area contributed by atoms with E-state index >= 15 is 0 Å². The van der Waals surface area contributed by atoms with Crippen molar-refractivity contribution < 1.29 is 9.53 Å². The number of carbonyl (C=O) groups excluding carboxylic acids is 1. The highest BCUT2D eigenvalue weighted by Gasteiger charge is 2.16. The number of nitrogens with zero attached hydrogens (tertiary/aromatic N) is 1. The van der Waals surface area contributed by atoms with Crippen LogP contribution in [-0.4, -0.2) is 18.0 Å². The van der Waals surface area contributed by atoms with Crippen molar-refractivity contribution in [3.63, 3.8) is 0 Å². The van der Waals surface area contributed by atoms with Crippen LogP contribution in [0.25, 0.3) is 22.2 Å². The molecule has 0 fully saturated rings. The zero-order chi connectivity index (χ0) is 21.1. The molecule has 4 nitrogen and oxygen atoms in total. The van der Waals surface area contributed by atoms with Gasteiger partial charge in [-0.05, 0) is 61.0 Å². The Morgan fingerprint density at radius 2 is 1.70 bits per heavy atom. The van der Waals surface area contributed by atoms with Crippen molar-refractivity contribution in [3.05, 3.63) is 95.0 Å². The molecule has 1 N–H and O–H groups in total. The first-order valence-corrected chi connectivity index (χ1v) is 10.0. The van der Waals surface area contributed by atoms with Gasteiger partial charge in [0.15, 0.2) is 0 Å². The zero-order valence-corrected chi connectivity index (χ0v) is 17.5. The van der Waals surface area contributed by atoms with E-state index in [1.165, 1.54) is 0 Å². The quantitative estimate of drug-likeness (QED) is 0.430. The number of para-hydroxylation sites is 1. The van der Waals surface area contributed by atoms with E-state index in [1.807, 2.05) is 85.8 Å². The Morgan fingerprint density at radius 3 is 2.40 bits per heavy atom. The number of hydrogen-bond donors (Lipinski definition) is 1. The molecule has 1 atom stereocenters. The minimum atomic E-state index is -0.161. The van der Waals surface area contributed by atoms with Gasteiger partial charge in [-0.2, -0.15) is 0 Å². The summed E-state index contributed by atoms with van der Waals surface area (Å²) in [5.41, 5.74) is 4.01. The number of fused-ring (bicyclic) bond motifs is 1. The number of methoxy groups -OCH3 is 1. The molecule has 30 heavy (non-hydrogen) atoms. The van der Waals surface area contributed by atoms with Crippen LogP contribution in [0.15, 0.2) is 78.9 Å². The molecule has 1 amide bonds. The van der Waals surface area contributed by atoms with Gasteiger partial charge in [-0.25, -0.2) is 4.98 Å². The first-order chi connectivity index (χ1) is 14.5. The van der Waals surface area contributed by atoms with E-state index in [1.54, 1.807) is 7.11 Å². The number of benzene rings is 3. The van der Waals surface area contributed by atoms with E-state index < -0.39 is 0 Å². The van der Waals surface area contributed by atoms with Crippen LogP contribution in [0.2, 0.25) is 5.02 Å². The monoisotopic (exact) mass is 416 g/mol. The topological polar surface area (TPSA) is 51.2 Å². The van der Waals surface area contributed by atoms with Crippen LogP contribution in [0.5, 0.6) is 5.75 Å². The van der Waals surface area contributed by atoms with Gasteiger partial charge in [0.1, 0.15) is 5.75 Å². The molecule has 0 aliphatic carbocycles. The van der Waals surface area contributed by atoms with E-state index in [0.29, 0.717) is 10.6 Å². The highest BCUT2D eigenvalue weighted by Crippen LogP contribution is 2.27. The number of hydrogen-bond acceptors (Lipinski definition) is 3. The standard InChI is InChI=1S/C25H21ClN2O2/c1-16(17-7-11-19(26)12-8-17)27-25(29)22-15-24(18-9-13-20(30-2)14-10-18)28-23-6-4-3-5-21(22)23/h3-16H,1-2H3,(H,27,29)/t16-/m0/s1. The summed E-state index contributed by atoms with van der Waals surface area (Å²) in [6, 6.07) is 24.5. The third kappa shape index (κ3) is 4.14. The third-order valence-electron chi connectivity index (χ3n) is 5.06. The van der Waals surface area contributed by atoms with Crippen LogP contribution in [0.1, 0.15) is 28.9 Å². The minimum Gasteiger partial charge on any atom is -0.497 e. The molecule has 1 heterocycles. The maximum absolute atomic E-state index is 13.2. The molecule has 0 saturated heterocycles. The van der Waals surface area contributed by atoms with E-state index in [4.69, 9.17) is 21.3 Å². The average molecular weight is 417 g/mol. The van der Waals surface area contributed by atoms with Crippen molar-refractivity contribution in [2.75, 3.05) is 7.11 Å². The molecule has 5 heteroatoms. The molecular formula is C25H21ClN2O2. The number of rotatable bonds is 5. The van der Waals surface area contributed by atoms with E-state index in [9.17, 15) is 4.79 Å². The Balaban J connectivity index is 1.71. The molecule has 0 radical (unpaired) electrons. The lowest BCUT2D eigenvalue weighted by atomic mass is 10.0. The number of carbonyl (C=O) groups is 1. The van der Waals surface area contributed by atoms with Gasteiger partial charge in [-0.3, -0.25) is 4.79 Å². The predicted octanol–water partition coefficient (Wildman–Crippen LogP) is 6.05. The number of aromatic nitrogens is 1. The van der Waals surface area contributed by atoms with Gasteiger partial charge < -0.3 is 10.1 Å². The fourth-order valence-corrected chi connectivity index (χ4v) is 3.51. The highest BCUT2D eigenvalue weighted by atomic mass is 35.5. The van der Waals surface area contributed by atoms with E-state index in [2.05, 4.69) is 5.32 Å². The molecule has 0 bridgehead atoms. The normalized spacial score (nSPS) is 11.8. The van der Waals surface area contributed by atoms with Gasteiger partial charge in [-0.15, -0.1) is 0 Å². The van der Waals surface area contributed by atoms with E-state index in [0.717, 1.165) is 33.5 Å². The van der Waals surface area contributed by atoms with Gasteiger partial charge >= 0.3 is 0 Å². The Hall–Kier alpha value is -3.37. The fourth-order valence-electron chi connectivity index (χ4n) is 3.38. The second-order valence-electron chi connectivity index (χ2n) is 7.05. The van der Waals surface area contributed by atoms with Crippen molar-refractivity contribution >= 4 is 28.4 Å². The largest absolute Gasteiger partial charge is 0.497 e. The lowest BCUT2D eigenvalue weighted by Gasteiger charge is -2.16. The second-order valence-corrected chi connectivity index (χ2v) is 7.48. The van der Waals surface area contributed by atoms with Crippen LogP contribution in [0.4, 0.5) is 0 Å². The maximum atomic E-state index is 13.2. The van der Waals surface area contributed by atoms with Gasteiger partial charge in [0.05, 0.1) is 29.9 Å². The van der Waals surface area contributed by atoms with Crippen molar-refractivity contribution in [2.24, 2.45) is 0 Å². The summed E-state index contributed by atoms with van der Waals surface area (Å²) < 4.78 is 5.24. The van der Waals surface area contributed by atoms with Crippen LogP contribution >= 0.6 is 11.6 Å². The van der Waals surface area contributed by atoms with Gasteiger partial charge in [0.2, 0.25) is 0 Å². The summed E-state index contributed by atoms with van der Waals surface area (Å²) in [5.74, 6) is 0.625. The van der Waals surface area contributed by atoms with Crippen molar-refractivity contribution in [1.29, 1.82) is 0 Å². The van der Waals surface area contributed by atoms with E-state index in [-0.39, 0.29) is 11.9 Å². The van der Waals surface area contributed by atoms with Gasteiger partial charge in [0.25, 0.3) is 5.91 Å². The average Bonchev–Trinajstić information content (AvgIpc) is 2.78. The molecule has 0 aliphatic heterocycles. The van der Waals surface area contributed by atoms with Crippen molar-refractivity contribution in [1.82, 2.24) is 10.3 Å². The maximum Gasteiger partial charge on any atom is 0.252 e. The molecule has 3 aromatic carbocycles. The molecule has 0 aliphatic rings. The van der Waals surface area contributed by atoms with Crippen LogP contribution in [-0.2, 0) is 0 Å². The lowest BCUT2D eigenvalue weighted by Crippen LogP contribution is -2.27. The zero-order valence-electron chi connectivity index (χ0n) is 16.7. The second kappa shape index (κ2) is 8.56. The summed E-state index contributed by atoms with van der Waals surface area (Å²) in [5, 5.41) is 4.57. The Morgan fingerprint density at radius 1 is 1.00 bits per heavy atom. The molecule has 1 aromatic heterocycles. The van der Waals surface area contributed by atoms with Crippen LogP contribution in [0.3, 0.4) is 0 Å². The number of pyridine rings is 1. The molecular weight excluding hydrogens is 396 g/mol. The Kier molecular flexibility index (Phi) is 5.68. The minimum absolute atomic E-state index is 0.147. The molecule has 0 saturated carbocycles. The van der Waals surface area contributed by atoms with Crippen LogP contribution < -0.4 is 10.1 Å². The number of nitrogens with one attached hydrogen (secondary N) is 1. The summed E-state index contributed by atoms with van der Waals surface area (Å²) in [6.45, 7) is 1.95. The van der Waals surface area contributed by atoms with Gasteiger partial charge in [0, 0.05) is 16.0 Å². The van der Waals surface area contributed by atoms with Gasteiger partial charge in [-0.1, -0.05) is 41.9 Å². The number of amides is 1. The SMILES string of the molecule is COc1ccc(-c2cc(C(=O)N[C@@H](C)c3ccc(Cl)cc3)c3ccccc3n2)cc1.